The second-order valence-corrected chi connectivity index (χ2v) is 7.70. The summed E-state index contributed by atoms with van der Waals surface area (Å²) in [4.78, 5) is 18.1. The third-order valence-corrected chi connectivity index (χ3v) is 5.87. The predicted octanol–water partition coefficient (Wildman–Crippen LogP) is 1.75. The molecule has 7 heteroatoms. The number of likely N-dealkylation sites (tertiary alicyclic amines) is 1. The Morgan fingerprint density at radius 2 is 2.23 bits per heavy atom. The van der Waals surface area contributed by atoms with Crippen LogP contribution in [0.15, 0.2) is 18.3 Å². The second kappa shape index (κ2) is 7.58. The van der Waals surface area contributed by atoms with E-state index in [2.05, 4.69) is 4.98 Å². The van der Waals surface area contributed by atoms with Gasteiger partial charge in [0, 0.05) is 62.1 Å². The van der Waals surface area contributed by atoms with Crippen LogP contribution in [0.2, 0.25) is 0 Å². The average molecular weight is 364 g/mol. The monoisotopic (exact) mass is 364 g/mol. The molecule has 3 fully saturated rings. The molecule has 4 rings (SSSR count). The number of carbonyl (C=O) groups excluding carboxylic acids is 1. The summed E-state index contributed by atoms with van der Waals surface area (Å²) in [6.45, 7) is 5.45. The Bertz CT molecular complexity index is 652. The lowest BCUT2D eigenvalue weighted by molar-refractivity contribution is -0.0150. The van der Waals surface area contributed by atoms with Crippen LogP contribution >= 0.6 is 0 Å². The first-order valence-electron chi connectivity index (χ1n) is 9.30. The summed E-state index contributed by atoms with van der Waals surface area (Å²) < 4.78 is 30.5. The highest BCUT2D eigenvalue weighted by Crippen LogP contribution is 2.42. The van der Waals surface area contributed by atoms with Gasteiger partial charge in [0.2, 0.25) is 5.95 Å². The van der Waals surface area contributed by atoms with Crippen molar-refractivity contribution >= 4 is 5.91 Å². The zero-order valence-corrected chi connectivity index (χ0v) is 14.9. The number of carbonyl (C=O) groups is 1. The summed E-state index contributed by atoms with van der Waals surface area (Å²) in [5.41, 5.74) is 0.198. The molecule has 26 heavy (non-hydrogen) atoms. The molecule has 1 aromatic rings. The first-order chi connectivity index (χ1) is 12.7. The summed E-state index contributed by atoms with van der Waals surface area (Å²) in [6.07, 6.45) is 3.42. The van der Waals surface area contributed by atoms with E-state index in [-0.39, 0.29) is 17.2 Å². The first-order valence-corrected chi connectivity index (χ1v) is 9.30. The number of fused-ring (bicyclic) bond motifs is 1. The van der Waals surface area contributed by atoms with Gasteiger partial charge in [-0.05, 0) is 24.8 Å². The van der Waals surface area contributed by atoms with Crippen molar-refractivity contribution < 1.29 is 23.4 Å². The maximum Gasteiger partial charge on any atom is 0.254 e. The van der Waals surface area contributed by atoms with Crippen LogP contribution in [-0.2, 0) is 14.2 Å². The fourth-order valence-electron chi connectivity index (χ4n) is 4.25. The second-order valence-electron chi connectivity index (χ2n) is 7.70. The van der Waals surface area contributed by atoms with Gasteiger partial charge in [0.1, 0.15) is 0 Å². The molecule has 3 aliphatic heterocycles. The van der Waals surface area contributed by atoms with Gasteiger partial charge < -0.3 is 19.1 Å². The molecule has 1 aromatic heterocycles. The topological polar surface area (TPSA) is 60.9 Å². The molecule has 4 heterocycles. The van der Waals surface area contributed by atoms with Crippen molar-refractivity contribution in [2.75, 3.05) is 52.7 Å². The van der Waals surface area contributed by atoms with Crippen molar-refractivity contribution in [1.29, 1.82) is 0 Å². The van der Waals surface area contributed by atoms with Gasteiger partial charge in [-0.15, -0.1) is 0 Å². The Balaban J connectivity index is 1.37. The Morgan fingerprint density at radius 1 is 1.38 bits per heavy atom. The Morgan fingerprint density at radius 3 is 3.04 bits per heavy atom. The summed E-state index contributed by atoms with van der Waals surface area (Å²) in [5.74, 6) is 0.0465. The van der Waals surface area contributed by atoms with Crippen molar-refractivity contribution in [1.82, 2.24) is 9.88 Å². The maximum atomic E-state index is 13.3. The molecule has 0 spiro atoms. The third kappa shape index (κ3) is 3.61. The largest absolute Gasteiger partial charge is 0.381 e. The van der Waals surface area contributed by atoms with Crippen molar-refractivity contribution in [2.45, 2.75) is 12.8 Å². The highest BCUT2D eigenvalue weighted by Gasteiger charge is 2.52. The molecule has 0 bridgehead atoms. The molecule has 6 nitrogen and oxygen atoms in total. The zero-order chi connectivity index (χ0) is 18.0. The minimum absolute atomic E-state index is 0.146. The molecule has 3 saturated heterocycles. The van der Waals surface area contributed by atoms with Gasteiger partial charge in [0.05, 0.1) is 19.8 Å². The molecule has 0 saturated carbocycles. The van der Waals surface area contributed by atoms with Crippen LogP contribution in [-0.4, -0.2) is 68.5 Å². The van der Waals surface area contributed by atoms with E-state index in [1.165, 1.54) is 12.3 Å². The minimum Gasteiger partial charge on any atom is -0.381 e. The third-order valence-electron chi connectivity index (χ3n) is 5.87. The zero-order valence-electron chi connectivity index (χ0n) is 14.9. The van der Waals surface area contributed by atoms with Gasteiger partial charge in [-0.2, -0.15) is 4.39 Å². The van der Waals surface area contributed by atoms with E-state index in [0.717, 1.165) is 32.7 Å². The highest BCUT2D eigenvalue weighted by atomic mass is 19.1. The van der Waals surface area contributed by atoms with Crippen molar-refractivity contribution in [3.05, 3.63) is 29.8 Å². The number of nitrogens with zero attached hydrogens (tertiary/aromatic N) is 2. The molecular weight excluding hydrogens is 339 g/mol. The molecule has 1 amide bonds. The summed E-state index contributed by atoms with van der Waals surface area (Å²) >= 11 is 0. The summed E-state index contributed by atoms with van der Waals surface area (Å²) in [7, 11) is 0. The Hall–Kier alpha value is -1.57. The lowest BCUT2D eigenvalue weighted by Crippen LogP contribution is -2.38. The van der Waals surface area contributed by atoms with Crippen molar-refractivity contribution in [3.63, 3.8) is 0 Å². The van der Waals surface area contributed by atoms with E-state index >= 15 is 0 Å². The summed E-state index contributed by atoms with van der Waals surface area (Å²) in [6, 6.07) is 2.76. The normalized spacial score (nSPS) is 29.1. The first kappa shape index (κ1) is 17.8. The smallest absolute Gasteiger partial charge is 0.254 e. The number of aromatic nitrogens is 1. The minimum atomic E-state index is -0.631. The van der Waals surface area contributed by atoms with Crippen LogP contribution in [0.3, 0.4) is 0 Å². The van der Waals surface area contributed by atoms with Gasteiger partial charge in [-0.3, -0.25) is 4.79 Å². The van der Waals surface area contributed by atoms with Crippen LogP contribution in [0.5, 0.6) is 0 Å². The highest BCUT2D eigenvalue weighted by molar-refractivity contribution is 5.94. The lowest BCUT2D eigenvalue weighted by Gasteiger charge is -2.29. The molecule has 142 valence electrons. The number of pyridine rings is 1. The molecule has 2 atom stereocenters. The average Bonchev–Trinajstić information content (AvgIpc) is 3.19. The fourth-order valence-corrected chi connectivity index (χ4v) is 4.25. The number of hydrogen-bond acceptors (Lipinski definition) is 5. The molecule has 0 aromatic carbocycles. The number of rotatable bonds is 5. The van der Waals surface area contributed by atoms with E-state index in [9.17, 15) is 9.18 Å². The van der Waals surface area contributed by atoms with E-state index < -0.39 is 5.95 Å². The molecule has 0 N–H and O–H groups in total. The van der Waals surface area contributed by atoms with Crippen LogP contribution < -0.4 is 0 Å². The van der Waals surface area contributed by atoms with Crippen molar-refractivity contribution in [3.8, 4) is 0 Å². The standard InChI is InChI=1S/C19H25FN2O4/c20-17-7-15(1-4-21-17)18(23)22-8-16-10-26-13-19(16,11-22)12-25-9-14-2-5-24-6-3-14/h1,4,7,14,16H,2-3,5-6,8-13H2/t16-,19-/m1/s1. The van der Waals surface area contributed by atoms with Crippen LogP contribution in [0.25, 0.3) is 0 Å². The lowest BCUT2D eigenvalue weighted by atomic mass is 9.82. The number of hydrogen-bond donors (Lipinski definition) is 0. The van der Waals surface area contributed by atoms with Gasteiger partial charge in [0.25, 0.3) is 5.91 Å². The van der Waals surface area contributed by atoms with Crippen LogP contribution in [0.4, 0.5) is 4.39 Å². The van der Waals surface area contributed by atoms with Crippen molar-refractivity contribution in [2.24, 2.45) is 17.3 Å². The molecular formula is C19H25FN2O4. The van der Waals surface area contributed by atoms with Gasteiger partial charge >= 0.3 is 0 Å². The van der Waals surface area contributed by atoms with E-state index in [0.29, 0.717) is 44.4 Å². The van der Waals surface area contributed by atoms with Crippen LogP contribution in [0.1, 0.15) is 23.2 Å². The maximum absolute atomic E-state index is 13.3. The number of halogens is 1. The summed E-state index contributed by atoms with van der Waals surface area (Å²) in [5, 5.41) is 0. The van der Waals surface area contributed by atoms with E-state index in [1.54, 1.807) is 11.0 Å². The van der Waals surface area contributed by atoms with Gasteiger partial charge in [-0.25, -0.2) is 4.98 Å². The Kier molecular flexibility index (Phi) is 5.20. The molecule has 0 unspecified atom stereocenters. The van der Waals surface area contributed by atoms with E-state index in [1.807, 2.05) is 0 Å². The SMILES string of the molecule is O=C(c1ccnc(F)c1)N1C[C@@H]2COC[C@]2(COCC2CCOCC2)C1. The molecule has 0 radical (unpaired) electrons. The van der Waals surface area contributed by atoms with E-state index in [4.69, 9.17) is 14.2 Å². The quantitative estimate of drug-likeness (QED) is 0.745. The predicted molar refractivity (Wildman–Crippen MR) is 91.2 cm³/mol. The number of ether oxygens (including phenoxy) is 3. The molecule has 0 aliphatic carbocycles. The van der Waals surface area contributed by atoms with Gasteiger partial charge in [-0.1, -0.05) is 0 Å². The number of amides is 1. The van der Waals surface area contributed by atoms with Crippen LogP contribution in [0, 0.1) is 23.2 Å². The Labute approximate surface area is 152 Å². The fraction of sp³-hybridized carbons (Fsp3) is 0.684. The molecule has 3 aliphatic rings. The van der Waals surface area contributed by atoms with Gasteiger partial charge in [0.15, 0.2) is 0 Å².